The van der Waals surface area contributed by atoms with Gasteiger partial charge in [0.2, 0.25) is 0 Å². The zero-order valence-corrected chi connectivity index (χ0v) is 16.8. The van der Waals surface area contributed by atoms with Crippen LogP contribution in [-0.4, -0.2) is 11.1 Å². The van der Waals surface area contributed by atoms with Gasteiger partial charge in [0, 0.05) is 21.1 Å². The van der Waals surface area contributed by atoms with E-state index in [0.29, 0.717) is 27.1 Å². The monoisotopic (exact) mass is 459 g/mol. The molecule has 0 aliphatic carbocycles. The molecule has 1 aromatic heterocycles. The summed E-state index contributed by atoms with van der Waals surface area (Å²) in [6, 6.07) is 17.9. The Hall–Kier alpha value is -2.28. The van der Waals surface area contributed by atoms with Crippen LogP contribution in [0.3, 0.4) is 0 Å². The third kappa shape index (κ3) is 3.74. The number of anilines is 1. The van der Waals surface area contributed by atoms with Gasteiger partial charge in [0.25, 0.3) is 11.1 Å². The highest BCUT2D eigenvalue weighted by Gasteiger charge is 2.36. The van der Waals surface area contributed by atoms with Crippen LogP contribution in [0.4, 0.5) is 10.5 Å². The van der Waals surface area contributed by atoms with E-state index in [-0.39, 0.29) is 11.1 Å². The van der Waals surface area contributed by atoms with Crippen molar-refractivity contribution in [2.75, 3.05) is 4.90 Å². The molecular weight excluding hydrogens is 450 g/mol. The molecule has 2 aromatic carbocycles. The lowest BCUT2D eigenvalue weighted by molar-refractivity contribution is -0.113. The van der Waals surface area contributed by atoms with Crippen LogP contribution in [0, 0.1) is 0 Å². The minimum atomic E-state index is -0.381. The number of rotatable bonds is 3. The summed E-state index contributed by atoms with van der Waals surface area (Å²) >= 11 is 10.1. The van der Waals surface area contributed by atoms with Gasteiger partial charge in [-0.3, -0.25) is 9.59 Å². The van der Waals surface area contributed by atoms with Gasteiger partial charge in [-0.1, -0.05) is 39.7 Å². The van der Waals surface area contributed by atoms with Crippen molar-refractivity contribution in [2.45, 2.75) is 0 Å². The largest absolute Gasteiger partial charge is 0.457 e. The summed E-state index contributed by atoms with van der Waals surface area (Å²) < 4.78 is 6.79. The molecule has 0 bridgehead atoms. The Morgan fingerprint density at radius 2 is 1.67 bits per heavy atom. The van der Waals surface area contributed by atoms with Crippen molar-refractivity contribution in [3.05, 3.63) is 80.8 Å². The van der Waals surface area contributed by atoms with E-state index in [2.05, 4.69) is 15.9 Å². The van der Waals surface area contributed by atoms with Gasteiger partial charge < -0.3 is 4.42 Å². The second-order valence-corrected chi connectivity index (χ2v) is 8.05. The molecule has 7 heteroatoms. The van der Waals surface area contributed by atoms with Crippen molar-refractivity contribution in [2.24, 2.45) is 0 Å². The number of imide groups is 1. The SMILES string of the molecule is O=C1S/C(=C\c2ccc(-c3ccc(Br)cc3)o2)C(=O)N1c1ccc(Cl)cc1. The maximum absolute atomic E-state index is 12.7. The highest BCUT2D eigenvalue weighted by Crippen LogP contribution is 2.36. The van der Waals surface area contributed by atoms with Crippen molar-refractivity contribution in [1.82, 2.24) is 0 Å². The van der Waals surface area contributed by atoms with Crippen LogP contribution in [0.5, 0.6) is 0 Å². The number of furan rings is 1. The Kier molecular flexibility index (Phi) is 4.95. The van der Waals surface area contributed by atoms with Gasteiger partial charge in [-0.25, -0.2) is 4.90 Å². The van der Waals surface area contributed by atoms with E-state index in [0.717, 1.165) is 26.7 Å². The van der Waals surface area contributed by atoms with Gasteiger partial charge in [0.15, 0.2) is 0 Å². The molecule has 1 fully saturated rings. The molecule has 0 unspecified atom stereocenters. The molecule has 4 nitrogen and oxygen atoms in total. The van der Waals surface area contributed by atoms with Crippen molar-refractivity contribution < 1.29 is 14.0 Å². The van der Waals surface area contributed by atoms with Crippen LogP contribution >= 0.6 is 39.3 Å². The molecule has 27 heavy (non-hydrogen) atoms. The molecule has 0 N–H and O–H groups in total. The van der Waals surface area contributed by atoms with E-state index >= 15 is 0 Å². The number of carbonyl (C=O) groups is 2. The molecule has 1 saturated heterocycles. The van der Waals surface area contributed by atoms with Crippen molar-refractivity contribution in [3.8, 4) is 11.3 Å². The second kappa shape index (κ2) is 7.38. The standard InChI is InChI=1S/C20H11BrClNO3S/c21-13-3-1-12(2-4-13)17-10-9-16(26-17)11-18-19(24)23(20(25)27-18)15-7-5-14(22)6-8-15/h1-11H/b18-11-. The number of nitrogens with zero attached hydrogens (tertiary/aromatic N) is 1. The van der Waals surface area contributed by atoms with Gasteiger partial charge >= 0.3 is 0 Å². The predicted octanol–water partition coefficient (Wildman–Crippen LogP) is 6.60. The number of hydrogen-bond donors (Lipinski definition) is 0. The molecule has 1 aliphatic rings. The lowest BCUT2D eigenvalue weighted by atomic mass is 10.2. The van der Waals surface area contributed by atoms with E-state index in [1.54, 1.807) is 36.4 Å². The highest BCUT2D eigenvalue weighted by atomic mass is 79.9. The van der Waals surface area contributed by atoms with Crippen LogP contribution in [0.15, 0.2) is 74.5 Å². The fourth-order valence-corrected chi connectivity index (χ4v) is 3.82. The summed E-state index contributed by atoms with van der Waals surface area (Å²) in [5, 5.41) is 0.186. The lowest BCUT2D eigenvalue weighted by Gasteiger charge is -2.11. The first-order valence-corrected chi connectivity index (χ1v) is 9.89. The molecule has 4 rings (SSSR count). The summed E-state index contributed by atoms with van der Waals surface area (Å²) in [5.74, 6) is 0.814. The van der Waals surface area contributed by atoms with Crippen LogP contribution in [-0.2, 0) is 4.79 Å². The van der Waals surface area contributed by atoms with Crippen molar-refractivity contribution in [1.29, 1.82) is 0 Å². The quantitative estimate of drug-likeness (QED) is 0.413. The Morgan fingerprint density at radius 3 is 2.37 bits per heavy atom. The van der Waals surface area contributed by atoms with E-state index in [4.69, 9.17) is 16.0 Å². The summed E-state index contributed by atoms with van der Waals surface area (Å²) in [5.41, 5.74) is 1.41. The van der Waals surface area contributed by atoms with Crippen molar-refractivity contribution >= 4 is 62.2 Å². The van der Waals surface area contributed by atoms with Crippen LogP contribution < -0.4 is 4.90 Å². The average Bonchev–Trinajstić information content (AvgIpc) is 3.22. The van der Waals surface area contributed by atoms with Crippen LogP contribution in [0.2, 0.25) is 5.02 Å². The summed E-state index contributed by atoms with van der Waals surface area (Å²) in [6.45, 7) is 0. The third-order valence-corrected chi connectivity index (χ3v) is 5.56. The maximum Gasteiger partial charge on any atom is 0.298 e. The van der Waals surface area contributed by atoms with Gasteiger partial charge in [-0.05, 0) is 60.3 Å². The first-order valence-electron chi connectivity index (χ1n) is 7.90. The summed E-state index contributed by atoms with van der Waals surface area (Å²) in [7, 11) is 0. The number of carbonyl (C=O) groups excluding carboxylic acids is 2. The lowest BCUT2D eigenvalue weighted by Crippen LogP contribution is -2.27. The van der Waals surface area contributed by atoms with Gasteiger partial charge in [-0.15, -0.1) is 0 Å². The molecule has 0 atom stereocenters. The maximum atomic E-state index is 12.7. The molecule has 1 aliphatic heterocycles. The van der Waals surface area contributed by atoms with E-state index in [9.17, 15) is 9.59 Å². The van der Waals surface area contributed by atoms with E-state index < -0.39 is 0 Å². The highest BCUT2D eigenvalue weighted by molar-refractivity contribution is 9.10. The Labute approximate surface area is 172 Å². The molecule has 2 amide bonds. The number of thioether (sulfide) groups is 1. The van der Waals surface area contributed by atoms with Crippen molar-refractivity contribution in [3.63, 3.8) is 0 Å². The molecule has 0 saturated carbocycles. The Bertz CT molecular complexity index is 1060. The zero-order valence-electron chi connectivity index (χ0n) is 13.7. The number of hydrogen-bond acceptors (Lipinski definition) is 4. The predicted molar refractivity (Wildman–Crippen MR) is 112 cm³/mol. The van der Waals surface area contributed by atoms with E-state index in [1.165, 1.54) is 0 Å². The fourth-order valence-electron chi connectivity index (χ4n) is 2.61. The normalized spacial score (nSPS) is 15.8. The summed E-state index contributed by atoms with van der Waals surface area (Å²) in [4.78, 5) is 26.4. The zero-order chi connectivity index (χ0) is 19.0. The first kappa shape index (κ1) is 18.1. The average molecular weight is 461 g/mol. The number of halogens is 2. The molecule has 0 spiro atoms. The fraction of sp³-hybridized carbons (Fsp3) is 0. The smallest absolute Gasteiger partial charge is 0.298 e. The molecule has 134 valence electrons. The summed E-state index contributed by atoms with van der Waals surface area (Å²) in [6.07, 6.45) is 1.59. The molecule has 2 heterocycles. The van der Waals surface area contributed by atoms with Gasteiger partial charge in [-0.2, -0.15) is 0 Å². The minimum absolute atomic E-state index is 0.312. The van der Waals surface area contributed by atoms with Gasteiger partial charge in [0.05, 0.1) is 10.6 Å². The first-order chi connectivity index (χ1) is 13.0. The topological polar surface area (TPSA) is 50.5 Å². The van der Waals surface area contributed by atoms with E-state index in [1.807, 2.05) is 30.3 Å². The van der Waals surface area contributed by atoms with Crippen LogP contribution in [0.25, 0.3) is 17.4 Å². The molecule has 3 aromatic rings. The molecule has 0 radical (unpaired) electrons. The Balaban J connectivity index is 1.59. The Morgan fingerprint density at radius 1 is 0.963 bits per heavy atom. The van der Waals surface area contributed by atoms with Gasteiger partial charge in [0.1, 0.15) is 11.5 Å². The minimum Gasteiger partial charge on any atom is -0.457 e. The molecular formula is C20H11BrClNO3S. The second-order valence-electron chi connectivity index (χ2n) is 5.70. The third-order valence-electron chi connectivity index (χ3n) is 3.91. The van der Waals surface area contributed by atoms with Crippen LogP contribution in [0.1, 0.15) is 5.76 Å². The number of amides is 2. The number of benzene rings is 2.